The molecule has 1 unspecified atom stereocenters. The Morgan fingerprint density at radius 1 is 0.923 bits per heavy atom. The van der Waals surface area contributed by atoms with E-state index >= 15 is 0 Å². The van der Waals surface area contributed by atoms with Gasteiger partial charge in [-0.1, -0.05) is 60.7 Å². The number of imide groups is 1. The van der Waals surface area contributed by atoms with E-state index in [4.69, 9.17) is 9.57 Å². The van der Waals surface area contributed by atoms with Crippen molar-refractivity contribution in [1.82, 2.24) is 31.2 Å². The van der Waals surface area contributed by atoms with Crippen LogP contribution >= 0.6 is 11.8 Å². The third-order valence-electron chi connectivity index (χ3n) is 8.48. The van der Waals surface area contributed by atoms with Crippen molar-refractivity contribution in [1.29, 1.82) is 0 Å². The molecule has 4 N–H and O–H groups in total. The molecule has 0 saturated carbocycles. The Bertz CT molecular complexity index is 1600. The lowest BCUT2D eigenvalue weighted by atomic mass is 10.0. The highest BCUT2D eigenvalue weighted by Crippen LogP contribution is 2.25. The molecular formula is C35H42N6O10S. The normalized spacial score (nSPS) is 18.6. The molecule has 2 aromatic carbocycles. The summed E-state index contributed by atoms with van der Waals surface area (Å²) in [6.07, 6.45) is 1.53. The summed E-state index contributed by atoms with van der Waals surface area (Å²) >= 11 is 1.50. The fraction of sp³-hybridized carbons (Fsp3) is 0.429. The molecule has 0 radical (unpaired) electrons. The fourth-order valence-electron chi connectivity index (χ4n) is 5.80. The first kappa shape index (κ1) is 39.3. The molecular weight excluding hydrogens is 696 g/mol. The summed E-state index contributed by atoms with van der Waals surface area (Å²) in [6, 6.07) is 12.5. The van der Waals surface area contributed by atoms with Crippen LogP contribution in [0, 0.1) is 0 Å². The van der Waals surface area contributed by atoms with E-state index in [1.165, 1.54) is 16.7 Å². The summed E-state index contributed by atoms with van der Waals surface area (Å²) < 4.78 is 5.23. The number of alkyl carbamates (subject to hydrolysis) is 1. The standard InChI is InChI=1S/C35H42N6O10S/c1-22-17-26(38-31(45)25(37-21-42)15-16-52-2)33(47)40(22)28(18-23-9-5-3-6-10-23)32(46)36-19-27(34(48)51-41-29(43)13-14-30(41)44)39-35(49)50-20-24-11-7-4-8-12-24/h3-12,21-22,25-28H,13-20H2,1-2H3,(H,36,46)(H,37,42)(H,38,45)(H,39,49)/t22?,25-,26-,27-,28-/m0/s1. The molecule has 0 bridgehead atoms. The van der Waals surface area contributed by atoms with Crippen LogP contribution in [-0.4, -0.2) is 107 Å². The van der Waals surface area contributed by atoms with Crippen LogP contribution in [0.3, 0.4) is 0 Å². The number of hydroxylamine groups is 2. The lowest BCUT2D eigenvalue weighted by Crippen LogP contribution is -2.57. The van der Waals surface area contributed by atoms with Gasteiger partial charge in [-0.2, -0.15) is 11.8 Å². The van der Waals surface area contributed by atoms with Crippen molar-refractivity contribution in [2.45, 2.75) is 75.8 Å². The van der Waals surface area contributed by atoms with Gasteiger partial charge in [-0.05, 0) is 42.9 Å². The van der Waals surface area contributed by atoms with E-state index in [1.54, 1.807) is 67.6 Å². The molecule has 2 fully saturated rings. The van der Waals surface area contributed by atoms with Gasteiger partial charge in [0.05, 0.1) is 0 Å². The second-order valence-electron chi connectivity index (χ2n) is 12.2. The molecule has 2 aromatic rings. The number of hydrogen-bond donors (Lipinski definition) is 4. The zero-order chi connectivity index (χ0) is 37.6. The molecule has 2 saturated heterocycles. The van der Waals surface area contributed by atoms with E-state index in [2.05, 4.69) is 21.3 Å². The minimum Gasteiger partial charge on any atom is -0.445 e. The van der Waals surface area contributed by atoms with Crippen LogP contribution in [0.4, 0.5) is 4.79 Å². The van der Waals surface area contributed by atoms with Crippen LogP contribution in [0.5, 0.6) is 0 Å². The number of rotatable bonds is 18. The average Bonchev–Trinajstić information content (AvgIpc) is 3.60. The maximum Gasteiger partial charge on any atom is 0.408 e. The molecule has 52 heavy (non-hydrogen) atoms. The maximum absolute atomic E-state index is 14.0. The van der Waals surface area contributed by atoms with Crippen molar-refractivity contribution < 1.29 is 47.9 Å². The van der Waals surface area contributed by atoms with Crippen molar-refractivity contribution >= 4 is 59.8 Å². The van der Waals surface area contributed by atoms with Gasteiger partial charge >= 0.3 is 12.1 Å². The number of nitrogens with zero attached hydrogens (tertiary/aromatic N) is 2. The fourth-order valence-corrected chi connectivity index (χ4v) is 6.27. The summed E-state index contributed by atoms with van der Waals surface area (Å²) in [5, 5.41) is 10.5. The third kappa shape index (κ3) is 10.8. The van der Waals surface area contributed by atoms with E-state index in [1.807, 2.05) is 6.26 Å². The molecule has 4 rings (SSSR count). The predicted molar refractivity (Wildman–Crippen MR) is 187 cm³/mol. The summed E-state index contributed by atoms with van der Waals surface area (Å²) in [5.41, 5.74) is 1.38. The molecule has 278 valence electrons. The predicted octanol–water partition coefficient (Wildman–Crippen LogP) is 0.589. The Morgan fingerprint density at radius 3 is 2.17 bits per heavy atom. The number of ether oxygens (including phenoxy) is 1. The van der Waals surface area contributed by atoms with E-state index in [9.17, 15) is 38.4 Å². The number of carbonyl (C=O) groups excluding carboxylic acids is 8. The van der Waals surface area contributed by atoms with Crippen LogP contribution < -0.4 is 21.3 Å². The van der Waals surface area contributed by atoms with E-state index in [0.29, 0.717) is 34.8 Å². The third-order valence-corrected chi connectivity index (χ3v) is 9.13. The topological polar surface area (TPSA) is 210 Å². The van der Waals surface area contributed by atoms with Gasteiger partial charge in [-0.3, -0.25) is 28.8 Å². The largest absolute Gasteiger partial charge is 0.445 e. The van der Waals surface area contributed by atoms with E-state index in [0.717, 1.165) is 0 Å². The van der Waals surface area contributed by atoms with Gasteiger partial charge in [-0.25, -0.2) is 9.59 Å². The van der Waals surface area contributed by atoms with Crippen molar-refractivity contribution in [2.75, 3.05) is 18.6 Å². The number of carbonyl (C=O) groups is 8. The zero-order valence-corrected chi connectivity index (χ0v) is 29.6. The van der Waals surface area contributed by atoms with Crippen molar-refractivity contribution in [2.24, 2.45) is 0 Å². The van der Waals surface area contributed by atoms with Crippen LogP contribution in [-0.2, 0) is 56.2 Å². The highest BCUT2D eigenvalue weighted by Gasteiger charge is 2.45. The highest BCUT2D eigenvalue weighted by atomic mass is 32.2. The molecule has 5 atom stereocenters. The first-order chi connectivity index (χ1) is 25.0. The SMILES string of the molecule is CSCC[C@H](NC=O)C(=O)N[C@H]1CC(C)N([C@@H](Cc2ccccc2)C(=O)NC[C@H](NC(=O)OCc2ccccc2)C(=O)ON2C(=O)CCC2=O)C1=O. The summed E-state index contributed by atoms with van der Waals surface area (Å²) in [5.74, 6) is -3.84. The number of thioether (sulfide) groups is 1. The molecule has 2 aliphatic heterocycles. The first-order valence-electron chi connectivity index (χ1n) is 16.7. The van der Waals surface area contributed by atoms with E-state index in [-0.39, 0.29) is 32.3 Å². The molecule has 7 amide bonds. The van der Waals surface area contributed by atoms with Gasteiger partial charge < -0.3 is 35.7 Å². The van der Waals surface area contributed by atoms with Crippen molar-refractivity contribution in [3.8, 4) is 0 Å². The minimum atomic E-state index is -1.62. The monoisotopic (exact) mass is 738 g/mol. The Morgan fingerprint density at radius 2 is 1.56 bits per heavy atom. The molecule has 17 heteroatoms. The van der Waals surface area contributed by atoms with E-state index < -0.39 is 78.4 Å². The van der Waals surface area contributed by atoms with Gasteiger partial charge in [0.1, 0.15) is 30.8 Å². The zero-order valence-electron chi connectivity index (χ0n) is 28.8. The number of benzene rings is 2. The lowest BCUT2D eigenvalue weighted by Gasteiger charge is -2.31. The van der Waals surface area contributed by atoms with Gasteiger partial charge in [0.25, 0.3) is 11.8 Å². The number of amides is 7. The molecule has 2 aliphatic rings. The highest BCUT2D eigenvalue weighted by molar-refractivity contribution is 7.98. The Balaban J connectivity index is 1.51. The quantitative estimate of drug-likeness (QED) is 0.123. The summed E-state index contributed by atoms with van der Waals surface area (Å²) in [7, 11) is 0. The number of likely N-dealkylation sites (tertiary alicyclic amines) is 1. The Labute approximate surface area is 304 Å². The first-order valence-corrected chi connectivity index (χ1v) is 18.1. The maximum atomic E-state index is 14.0. The molecule has 2 heterocycles. The summed E-state index contributed by atoms with van der Waals surface area (Å²) in [4.78, 5) is 109. The van der Waals surface area contributed by atoms with Gasteiger partial charge in [-0.15, -0.1) is 5.06 Å². The minimum absolute atomic E-state index is 0.0604. The van der Waals surface area contributed by atoms with Crippen LogP contribution in [0.25, 0.3) is 0 Å². The van der Waals surface area contributed by atoms with Gasteiger partial charge in [0, 0.05) is 31.8 Å². The Kier molecular flexibility index (Phi) is 14.6. The average molecular weight is 739 g/mol. The van der Waals surface area contributed by atoms with Crippen LogP contribution in [0.2, 0.25) is 0 Å². The Hall–Kier alpha value is -5.45. The van der Waals surface area contributed by atoms with Gasteiger partial charge in [0.2, 0.25) is 24.1 Å². The molecule has 0 aliphatic carbocycles. The van der Waals surface area contributed by atoms with Crippen LogP contribution in [0.15, 0.2) is 60.7 Å². The number of nitrogens with one attached hydrogen (secondary N) is 4. The van der Waals surface area contributed by atoms with Crippen molar-refractivity contribution in [3.05, 3.63) is 71.8 Å². The molecule has 16 nitrogen and oxygen atoms in total. The molecule has 0 aromatic heterocycles. The van der Waals surface area contributed by atoms with Gasteiger partial charge in [0.15, 0.2) is 0 Å². The smallest absolute Gasteiger partial charge is 0.408 e. The summed E-state index contributed by atoms with van der Waals surface area (Å²) in [6.45, 7) is 1.03. The number of hydrogen-bond acceptors (Lipinski definition) is 11. The second kappa shape index (κ2) is 19.2. The van der Waals surface area contributed by atoms with Crippen molar-refractivity contribution in [3.63, 3.8) is 0 Å². The second-order valence-corrected chi connectivity index (χ2v) is 13.2. The lowest BCUT2D eigenvalue weighted by molar-refractivity contribution is -0.198. The molecule has 0 spiro atoms. The van der Waals surface area contributed by atoms with Crippen LogP contribution in [0.1, 0.15) is 43.7 Å².